The molecule has 0 atom stereocenters. The smallest absolute Gasteiger partial charge is 0.204 e. The first-order valence-corrected chi connectivity index (χ1v) is 7.91. The van der Waals surface area contributed by atoms with Crippen LogP contribution in [0.25, 0.3) is 16.7 Å². The highest BCUT2D eigenvalue weighted by atomic mass is 35.5. The summed E-state index contributed by atoms with van der Waals surface area (Å²) in [5.41, 5.74) is 3.20. The van der Waals surface area contributed by atoms with Crippen molar-refractivity contribution >= 4 is 39.8 Å². The van der Waals surface area contributed by atoms with E-state index in [2.05, 4.69) is 20.5 Å². The van der Waals surface area contributed by atoms with E-state index in [1.807, 2.05) is 53.8 Å². The highest BCUT2D eigenvalue weighted by Gasteiger charge is 2.11. The van der Waals surface area contributed by atoms with Gasteiger partial charge in [-0.15, -0.1) is 10.2 Å². The first-order chi connectivity index (χ1) is 11.7. The van der Waals surface area contributed by atoms with Crippen molar-refractivity contribution in [1.82, 2.24) is 19.6 Å². The van der Waals surface area contributed by atoms with Crippen LogP contribution in [0.15, 0.2) is 48.8 Å². The van der Waals surface area contributed by atoms with Gasteiger partial charge in [0.1, 0.15) is 12.1 Å². The van der Waals surface area contributed by atoms with E-state index in [0.717, 1.165) is 22.5 Å². The van der Waals surface area contributed by atoms with Crippen molar-refractivity contribution in [3.8, 4) is 5.75 Å². The topological polar surface area (TPSA) is 64.3 Å². The summed E-state index contributed by atoms with van der Waals surface area (Å²) in [6.07, 6.45) is 1.65. The van der Waals surface area contributed by atoms with Gasteiger partial charge < -0.3 is 10.1 Å². The summed E-state index contributed by atoms with van der Waals surface area (Å²) < 4.78 is 7.32. The summed E-state index contributed by atoms with van der Waals surface area (Å²) in [7, 11) is 0. The predicted molar refractivity (Wildman–Crippen MR) is 94.2 cm³/mol. The average molecular weight is 340 g/mol. The number of nitrogens with one attached hydrogen (secondary N) is 1. The Morgan fingerprint density at radius 1 is 1.17 bits per heavy atom. The van der Waals surface area contributed by atoms with Gasteiger partial charge in [-0.1, -0.05) is 11.6 Å². The largest absolute Gasteiger partial charge is 0.494 e. The van der Waals surface area contributed by atoms with E-state index in [-0.39, 0.29) is 0 Å². The van der Waals surface area contributed by atoms with Crippen LogP contribution in [-0.4, -0.2) is 26.2 Å². The molecule has 4 rings (SSSR count). The van der Waals surface area contributed by atoms with Gasteiger partial charge in [0.15, 0.2) is 5.82 Å². The number of nitrogens with zero attached hydrogens (tertiary/aromatic N) is 4. The maximum absolute atomic E-state index is 6.09. The molecule has 7 heteroatoms. The van der Waals surface area contributed by atoms with E-state index >= 15 is 0 Å². The minimum absolute atomic E-state index is 0.631. The number of rotatable bonds is 4. The van der Waals surface area contributed by atoms with Gasteiger partial charge in [0, 0.05) is 10.7 Å². The molecule has 24 heavy (non-hydrogen) atoms. The third kappa shape index (κ3) is 2.61. The first-order valence-electron chi connectivity index (χ1n) is 7.53. The third-order valence-electron chi connectivity index (χ3n) is 3.62. The number of aromatic nitrogens is 4. The molecular weight excluding hydrogens is 326 g/mol. The molecule has 0 aliphatic heterocycles. The van der Waals surface area contributed by atoms with Gasteiger partial charge in [0.05, 0.1) is 17.6 Å². The molecular formula is C17H14ClN5O. The summed E-state index contributed by atoms with van der Waals surface area (Å²) >= 11 is 6.09. The molecule has 0 aliphatic carbocycles. The lowest BCUT2D eigenvalue weighted by atomic mass is 10.3. The van der Waals surface area contributed by atoms with E-state index < -0.39 is 0 Å². The Hall–Kier alpha value is -2.86. The van der Waals surface area contributed by atoms with Gasteiger partial charge in [0.2, 0.25) is 5.65 Å². The monoisotopic (exact) mass is 339 g/mol. The lowest BCUT2D eigenvalue weighted by Gasteiger charge is -2.10. The van der Waals surface area contributed by atoms with Crippen LogP contribution >= 0.6 is 11.6 Å². The number of anilines is 2. The van der Waals surface area contributed by atoms with Crippen LogP contribution in [-0.2, 0) is 0 Å². The second-order valence-electron chi connectivity index (χ2n) is 5.20. The third-order valence-corrected chi connectivity index (χ3v) is 3.85. The molecule has 0 amide bonds. The molecule has 6 nitrogen and oxygen atoms in total. The van der Waals surface area contributed by atoms with E-state index in [1.54, 1.807) is 6.33 Å². The zero-order chi connectivity index (χ0) is 16.5. The van der Waals surface area contributed by atoms with Crippen LogP contribution in [0.3, 0.4) is 0 Å². The van der Waals surface area contributed by atoms with Crippen LogP contribution in [0.2, 0.25) is 5.02 Å². The number of ether oxygens (including phenoxy) is 1. The Labute approximate surface area is 143 Å². The van der Waals surface area contributed by atoms with Gasteiger partial charge >= 0.3 is 0 Å². The lowest BCUT2D eigenvalue weighted by Crippen LogP contribution is -2.00. The van der Waals surface area contributed by atoms with Crippen molar-refractivity contribution < 1.29 is 4.74 Å². The highest BCUT2D eigenvalue weighted by Crippen LogP contribution is 2.26. The van der Waals surface area contributed by atoms with E-state index in [4.69, 9.17) is 16.3 Å². The second-order valence-corrected chi connectivity index (χ2v) is 5.64. The number of halogens is 1. The van der Waals surface area contributed by atoms with Crippen molar-refractivity contribution in [2.75, 3.05) is 11.9 Å². The maximum atomic E-state index is 6.09. The van der Waals surface area contributed by atoms with Gasteiger partial charge in [-0.05, 0) is 49.4 Å². The number of hydrogen-bond acceptors (Lipinski definition) is 5. The first kappa shape index (κ1) is 14.7. The summed E-state index contributed by atoms with van der Waals surface area (Å²) in [4.78, 5) is 4.65. The van der Waals surface area contributed by atoms with Crippen LogP contribution < -0.4 is 10.1 Å². The second kappa shape index (κ2) is 5.98. The van der Waals surface area contributed by atoms with Crippen LogP contribution in [0.4, 0.5) is 11.5 Å². The molecule has 2 aromatic carbocycles. The zero-order valence-electron chi connectivity index (χ0n) is 12.9. The molecule has 2 aromatic heterocycles. The average Bonchev–Trinajstić information content (AvgIpc) is 3.08. The van der Waals surface area contributed by atoms with E-state index in [9.17, 15) is 0 Å². The number of hydrogen-bond donors (Lipinski definition) is 1. The molecule has 0 spiro atoms. The van der Waals surface area contributed by atoms with Gasteiger partial charge in [0.25, 0.3) is 0 Å². The SMILES string of the molecule is CCOc1ccc(Nc2nc3ccc(Cl)cc3n3cnnc23)cc1. The fourth-order valence-electron chi connectivity index (χ4n) is 2.55. The number of fused-ring (bicyclic) bond motifs is 3. The van der Waals surface area contributed by atoms with Crippen molar-refractivity contribution in [2.45, 2.75) is 6.92 Å². The van der Waals surface area contributed by atoms with Crippen molar-refractivity contribution in [3.05, 3.63) is 53.8 Å². The minimum atomic E-state index is 0.631. The highest BCUT2D eigenvalue weighted by molar-refractivity contribution is 6.31. The van der Waals surface area contributed by atoms with Gasteiger partial charge in [-0.25, -0.2) is 4.98 Å². The van der Waals surface area contributed by atoms with Crippen LogP contribution in [0, 0.1) is 0 Å². The van der Waals surface area contributed by atoms with Crippen molar-refractivity contribution in [2.24, 2.45) is 0 Å². The lowest BCUT2D eigenvalue weighted by molar-refractivity contribution is 0.340. The molecule has 2 heterocycles. The van der Waals surface area contributed by atoms with Crippen molar-refractivity contribution in [3.63, 3.8) is 0 Å². The normalized spacial score (nSPS) is 11.1. The maximum Gasteiger partial charge on any atom is 0.204 e. The molecule has 0 saturated heterocycles. The van der Waals surface area contributed by atoms with E-state index in [0.29, 0.717) is 23.1 Å². The Balaban J connectivity index is 1.77. The molecule has 0 saturated carbocycles. The molecule has 0 aliphatic rings. The Morgan fingerprint density at radius 2 is 2.00 bits per heavy atom. The quantitative estimate of drug-likeness (QED) is 0.607. The van der Waals surface area contributed by atoms with E-state index in [1.165, 1.54) is 0 Å². The number of benzene rings is 2. The minimum Gasteiger partial charge on any atom is -0.494 e. The molecule has 0 fully saturated rings. The summed E-state index contributed by atoms with van der Waals surface area (Å²) in [6.45, 7) is 2.60. The standard InChI is InChI=1S/C17H14ClN5O/c1-2-24-13-6-4-12(5-7-13)20-16-17-22-19-10-23(17)15-9-11(18)3-8-14(15)21-16/h3-10H,2H2,1H3,(H,20,21). The predicted octanol–water partition coefficient (Wildman–Crippen LogP) is 4.07. The molecule has 0 unspecified atom stereocenters. The molecule has 1 N–H and O–H groups in total. The Morgan fingerprint density at radius 3 is 2.79 bits per heavy atom. The van der Waals surface area contributed by atoms with Crippen LogP contribution in [0.5, 0.6) is 5.75 Å². The van der Waals surface area contributed by atoms with Crippen molar-refractivity contribution in [1.29, 1.82) is 0 Å². The molecule has 120 valence electrons. The zero-order valence-corrected chi connectivity index (χ0v) is 13.7. The summed E-state index contributed by atoms with van der Waals surface area (Å²) in [5.74, 6) is 1.46. The summed E-state index contributed by atoms with van der Waals surface area (Å²) in [5, 5.41) is 12.1. The fourth-order valence-corrected chi connectivity index (χ4v) is 2.72. The van der Waals surface area contributed by atoms with Crippen LogP contribution in [0.1, 0.15) is 6.92 Å². The van der Waals surface area contributed by atoms with Gasteiger partial charge in [-0.2, -0.15) is 0 Å². The Bertz CT molecular complexity index is 1010. The summed E-state index contributed by atoms with van der Waals surface area (Å²) in [6, 6.07) is 13.2. The Kier molecular flexibility index (Phi) is 3.66. The molecule has 0 bridgehead atoms. The fraction of sp³-hybridized carbons (Fsp3) is 0.118. The molecule has 0 radical (unpaired) electrons. The van der Waals surface area contributed by atoms with Gasteiger partial charge in [-0.3, -0.25) is 4.40 Å². The molecule has 4 aromatic rings.